The van der Waals surface area contributed by atoms with E-state index in [9.17, 15) is 5.11 Å². The minimum absolute atomic E-state index is 0.191. The highest BCUT2D eigenvalue weighted by molar-refractivity contribution is 9.09. The molecule has 1 heterocycles. The number of phenols is 1. The third-order valence-corrected chi connectivity index (χ3v) is 2.42. The van der Waals surface area contributed by atoms with Crippen molar-refractivity contribution >= 4 is 15.9 Å². The molecule has 0 aliphatic carbocycles. The smallest absolute Gasteiger partial charge is 0.231 e. The van der Waals surface area contributed by atoms with E-state index in [1.54, 1.807) is 0 Å². The zero-order chi connectivity index (χ0) is 10.1. The van der Waals surface area contributed by atoms with Crippen molar-refractivity contribution in [3.63, 3.8) is 0 Å². The van der Waals surface area contributed by atoms with E-state index in [1.165, 1.54) is 0 Å². The maximum absolute atomic E-state index is 9.83. The Balaban J connectivity index is 2.35. The molecule has 0 spiro atoms. The molecule has 0 radical (unpaired) electrons. The van der Waals surface area contributed by atoms with Gasteiger partial charge in [0.15, 0.2) is 11.5 Å². The largest absolute Gasteiger partial charge is 0.504 e. The minimum Gasteiger partial charge on any atom is -0.504 e. The monoisotopic (exact) mass is 258 g/mol. The average molecular weight is 259 g/mol. The molecule has 1 N–H and O–H groups in total. The molecule has 14 heavy (non-hydrogen) atoms. The van der Waals surface area contributed by atoms with Crippen LogP contribution in [0.4, 0.5) is 0 Å². The molecule has 0 bridgehead atoms. The van der Waals surface area contributed by atoms with Crippen LogP contribution in [0.15, 0.2) is 12.1 Å². The van der Waals surface area contributed by atoms with Crippen molar-refractivity contribution in [2.75, 3.05) is 6.79 Å². The van der Waals surface area contributed by atoms with Gasteiger partial charge in [0.1, 0.15) is 0 Å². The number of hydrogen-bond acceptors (Lipinski definition) is 3. The summed E-state index contributed by atoms with van der Waals surface area (Å²) in [5.41, 5.74) is 0.874. The molecule has 76 valence electrons. The molecule has 1 aliphatic heterocycles. The van der Waals surface area contributed by atoms with Crippen molar-refractivity contribution in [3.05, 3.63) is 17.7 Å². The maximum Gasteiger partial charge on any atom is 0.231 e. The summed E-state index contributed by atoms with van der Waals surface area (Å²) < 4.78 is 10.3. The van der Waals surface area contributed by atoms with Gasteiger partial charge in [0, 0.05) is 4.83 Å². The third-order valence-electron chi connectivity index (χ3n) is 2.10. The highest BCUT2D eigenvalue weighted by Crippen LogP contribution is 2.42. The maximum atomic E-state index is 9.83. The first-order valence-corrected chi connectivity index (χ1v) is 5.34. The Bertz CT molecular complexity index is 349. The summed E-state index contributed by atoms with van der Waals surface area (Å²) in [7, 11) is 0. The van der Waals surface area contributed by atoms with Crippen LogP contribution < -0.4 is 9.47 Å². The van der Waals surface area contributed by atoms with Crippen LogP contribution in [0.3, 0.4) is 0 Å². The molecule has 4 heteroatoms. The van der Waals surface area contributed by atoms with E-state index in [-0.39, 0.29) is 12.5 Å². The van der Waals surface area contributed by atoms with Crippen LogP contribution in [0.25, 0.3) is 0 Å². The molecule has 0 saturated heterocycles. The van der Waals surface area contributed by atoms with E-state index in [4.69, 9.17) is 9.47 Å². The molecule has 1 atom stereocenters. The average Bonchev–Trinajstić information content (AvgIpc) is 2.57. The molecule has 0 aromatic heterocycles. The van der Waals surface area contributed by atoms with Gasteiger partial charge in [-0.1, -0.05) is 28.9 Å². The molecular formula is C10H11BrO3. The number of aromatic hydroxyl groups is 1. The lowest BCUT2D eigenvalue weighted by Crippen LogP contribution is -1.97. The summed E-state index contributed by atoms with van der Waals surface area (Å²) in [5, 5.41) is 9.83. The van der Waals surface area contributed by atoms with Gasteiger partial charge in [0.25, 0.3) is 0 Å². The van der Waals surface area contributed by atoms with Crippen LogP contribution in [-0.4, -0.2) is 16.7 Å². The highest BCUT2D eigenvalue weighted by Gasteiger charge is 2.20. The topological polar surface area (TPSA) is 38.7 Å². The Kier molecular flexibility index (Phi) is 2.54. The van der Waals surface area contributed by atoms with Gasteiger partial charge in [-0.15, -0.1) is 0 Å². The van der Waals surface area contributed by atoms with E-state index >= 15 is 0 Å². The molecule has 1 aromatic carbocycles. The molecule has 0 saturated carbocycles. The van der Waals surface area contributed by atoms with Gasteiger partial charge in [-0.05, 0) is 18.1 Å². The van der Waals surface area contributed by atoms with Gasteiger partial charge in [-0.3, -0.25) is 0 Å². The zero-order valence-corrected chi connectivity index (χ0v) is 9.37. The fraction of sp³-hybridized carbons (Fsp3) is 0.400. The van der Waals surface area contributed by atoms with E-state index in [0.29, 0.717) is 16.3 Å². The van der Waals surface area contributed by atoms with Crippen LogP contribution in [-0.2, 0) is 6.42 Å². The predicted molar refractivity (Wildman–Crippen MR) is 56.3 cm³/mol. The van der Waals surface area contributed by atoms with E-state index in [2.05, 4.69) is 15.9 Å². The van der Waals surface area contributed by atoms with Gasteiger partial charge in [-0.2, -0.15) is 0 Å². The Morgan fingerprint density at radius 1 is 1.50 bits per heavy atom. The van der Waals surface area contributed by atoms with Crippen molar-refractivity contribution in [2.45, 2.75) is 18.2 Å². The lowest BCUT2D eigenvalue weighted by molar-refractivity contribution is 0.171. The first-order valence-electron chi connectivity index (χ1n) is 4.43. The lowest BCUT2D eigenvalue weighted by atomic mass is 10.1. The summed E-state index contributed by atoms with van der Waals surface area (Å²) in [6.07, 6.45) is 0.766. The Labute approximate surface area is 90.8 Å². The Hall–Kier alpha value is -0.900. The molecule has 2 rings (SSSR count). The van der Waals surface area contributed by atoms with E-state index < -0.39 is 0 Å². The summed E-state index contributed by atoms with van der Waals surface area (Å²) >= 11 is 3.44. The molecule has 1 unspecified atom stereocenters. The molecular weight excluding hydrogens is 248 g/mol. The van der Waals surface area contributed by atoms with Gasteiger partial charge in [0.2, 0.25) is 12.5 Å². The lowest BCUT2D eigenvalue weighted by Gasteiger charge is -2.08. The van der Waals surface area contributed by atoms with Crippen LogP contribution in [0.2, 0.25) is 0 Å². The highest BCUT2D eigenvalue weighted by atomic mass is 79.9. The fourth-order valence-electron chi connectivity index (χ4n) is 1.47. The number of alkyl halides is 1. The number of rotatable bonds is 2. The second-order valence-electron chi connectivity index (χ2n) is 3.29. The summed E-state index contributed by atoms with van der Waals surface area (Å²) in [6, 6.07) is 3.69. The second kappa shape index (κ2) is 3.69. The van der Waals surface area contributed by atoms with Gasteiger partial charge < -0.3 is 14.6 Å². The third kappa shape index (κ3) is 1.66. The number of halogens is 1. The molecule has 0 amide bonds. The number of phenolic OH excluding ortho intramolecular Hbond substituents is 1. The molecule has 1 aliphatic rings. The molecule has 0 fully saturated rings. The Morgan fingerprint density at radius 3 is 3.00 bits per heavy atom. The van der Waals surface area contributed by atoms with Crippen molar-refractivity contribution in [1.82, 2.24) is 0 Å². The Morgan fingerprint density at radius 2 is 2.29 bits per heavy atom. The van der Waals surface area contributed by atoms with Crippen LogP contribution in [0.5, 0.6) is 17.2 Å². The predicted octanol–water partition coefficient (Wildman–Crippen LogP) is 2.45. The van der Waals surface area contributed by atoms with Crippen LogP contribution >= 0.6 is 15.9 Å². The van der Waals surface area contributed by atoms with Gasteiger partial charge in [-0.25, -0.2) is 0 Å². The molecule has 1 aromatic rings. The van der Waals surface area contributed by atoms with Crippen molar-refractivity contribution in [1.29, 1.82) is 0 Å². The second-order valence-corrected chi connectivity index (χ2v) is 4.86. The van der Waals surface area contributed by atoms with Crippen molar-refractivity contribution in [2.24, 2.45) is 0 Å². The van der Waals surface area contributed by atoms with Gasteiger partial charge in [0.05, 0.1) is 0 Å². The summed E-state index contributed by atoms with van der Waals surface area (Å²) in [6.45, 7) is 2.22. The zero-order valence-electron chi connectivity index (χ0n) is 7.79. The minimum atomic E-state index is 0.191. The molecule has 3 nitrogen and oxygen atoms in total. The number of benzene rings is 1. The number of ether oxygens (including phenoxy) is 2. The van der Waals surface area contributed by atoms with Crippen LogP contribution in [0.1, 0.15) is 12.5 Å². The summed E-state index contributed by atoms with van der Waals surface area (Å²) in [5.74, 6) is 1.29. The quantitative estimate of drug-likeness (QED) is 0.829. The van der Waals surface area contributed by atoms with Crippen molar-refractivity contribution in [3.8, 4) is 17.2 Å². The summed E-state index contributed by atoms with van der Waals surface area (Å²) in [4.78, 5) is 0.328. The fourth-order valence-corrected chi connectivity index (χ4v) is 1.81. The standard InChI is InChI=1S/C10H11BrO3/c1-6(11)4-7-2-3-8-10(9(7)12)14-5-13-8/h2-3,6,12H,4-5H2,1H3. The number of fused-ring (bicyclic) bond motifs is 1. The van der Waals surface area contributed by atoms with Gasteiger partial charge >= 0.3 is 0 Å². The van der Waals surface area contributed by atoms with E-state index in [0.717, 1.165) is 12.0 Å². The van der Waals surface area contributed by atoms with E-state index in [1.807, 2.05) is 19.1 Å². The van der Waals surface area contributed by atoms with Crippen molar-refractivity contribution < 1.29 is 14.6 Å². The van der Waals surface area contributed by atoms with Crippen LogP contribution in [0, 0.1) is 0 Å². The SMILES string of the molecule is CC(Br)Cc1ccc2c(c1O)OCO2. The number of hydrogen-bond donors (Lipinski definition) is 1. The normalized spacial score (nSPS) is 15.6. The first-order chi connectivity index (χ1) is 6.68. The first kappa shape index (κ1) is 9.65.